The van der Waals surface area contributed by atoms with Crippen LogP contribution in [0.2, 0.25) is 5.02 Å². The maximum atomic E-state index is 10.8. The molecule has 0 spiro atoms. The molecule has 0 amide bonds. The normalized spacial score (nSPS) is 12.2. The molecule has 0 aliphatic rings. The van der Waals surface area contributed by atoms with Gasteiger partial charge in [0.25, 0.3) is 5.69 Å². The molecule has 0 aliphatic carbocycles. The van der Waals surface area contributed by atoms with Crippen LogP contribution in [0.1, 0.15) is 19.8 Å². The minimum atomic E-state index is -0.515. The Morgan fingerprint density at radius 3 is 2.88 bits per heavy atom. The molecule has 94 valence electrons. The van der Waals surface area contributed by atoms with E-state index in [1.165, 1.54) is 18.2 Å². The van der Waals surface area contributed by atoms with Gasteiger partial charge in [-0.15, -0.1) is 0 Å². The van der Waals surface area contributed by atoms with Crippen molar-refractivity contribution < 1.29 is 10.0 Å². The first kappa shape index (κ1) is 13.7. The highest BCUT2D eigenvalue weighted by Gasteiger charge is 2.14. The second-order valence-electron chi connectivity index (χ2n) is 3.74. The summed E-state index contributed by atoms with van der Waals surface area (Å²) in [5.74, 6) is 0. The van der Waals surface area contributed by atoms with Gasteiger partial charge in [0.15, 0.2) is 0 Å². The molecule has 17 heavy (non-hydrogen) atoms. The molecular formula is C11H15ClN2O3. The van der Waals surface area contributed by atoms with Crippen molar-refractivity contribution in [2.24, 2.45) is 0 Å². The van der Waals surface area contributed by atoms with Crippen LogP contribution >= 0.6 is 11.6 Å². The first-order valence-corrected chi connectivity index (χ1v) is 5.78. The summed E-state index contributed by atoms with van der Waals surface area (Å²) in [6.07, 6.45) is 1.00. The van der Waals surface area contributed by atoms with Gasteiger partial charge in [0, 0.05) is 17.6 Å². The molecule has 6 heteroatoms. The van der Waals surface area contributed by atoms with Crippen LogP contribution in [-0.2, 0) is 0 Å². The second kappa shape index (κ2) is 6.42. The summed E-state index contributed by atoms with van der Waals surface area (Å²) in [7, 11) is 0. The minimum Gasteiger partial charge on any atom is -0.391 e. The minimum absolute atomic E-state index is 0.0434. The van der Waals surface area contributed by atoms with E-state index in [0.29, 0.717) is 17.1 Å². The van der Waals surface area contributed by atoms with Crippen LogP contribution in [0.15, 0.2) is 18.2 Å². The van der Waals surface area contributed by atoms with E-state index in [4.69, 9.17) is 11.6 Å². The zero-order chi connectivity index (χ0) is 12.8. The average Bonchev–Trinajstić information content (AvgIpc) is 2.26. The Labute approximate surface area is 105 Å². The Hall–Kier alpha value is -1.33. The zero-order valence-corrected chi connectivity index (χ0v) is 10.3. The molecule has 0 heterocycles. The third-order valence-corrected chi connectivity index (χ3v) is 2.54. The molecule has 1 atom stereocenters. The average molecular weight is 259 g/mol. The van der Waals surface area contributed by atoms with Crippen molar-refractivity contribution >= 4 is 23.0 Å². The van der Waals surface area contributed by atoms with Gasteiger partial charge in [0.05, 0.1) is 11.0 Å². The number of aliphatic hydroxyl groups is 1. The molecule has 1 aromatic rings. The number of rotatable bonds is 6. The van der Waals surface area contributed by atoms with Gasteiger partial charge < -0.3 is 10.4 Å². The summed E-state index contributed by atoms with van der Waals surface area (Å²) < 4.78 is 0. The number of hydrogen-bond donors (Lipinski definition) is 2. The van der Waals surface area contributed by atoms with Crippen molar-refractivity contribution in [2.75, 3.05) is 11.9 Å². The van der Waals surface area contributed by atoms with Crippen LogP contribution in [-0.4, -0.2) is 22.7 Å². The number of nitro benzene ring substituents is 1. The molecular weight excluding hydrogens is 244 g/mol. The first-order valence-electron chi connectivity index (χ1n) is 5.40. The lowest BCUT2D eigenvalue weighted by Crippen LogP contribution is -2.19. The highest BCUT2D eigenvalue weighted by atomic mass is 35.5. The maximum Gasteiger partial charge on any atom is 0.292 e. The van der Waals surface area contributed by atoms with E-state index in [1.54, 1.807) is 0 Å². The summed E-state index contributed by atoms with van der Waals surface area (Å²) in [6.45, 7) is 2.24. The summed E-state index contributed by atoms with van der Waals surface area (Å²) in [4.78, 5) is 10.3. The Bertz CT molecular complexity index is 398. The van der Waals surface area contributed by atoms with Gasteiger partial charge in [-0.05, 0) is 18.6 Å². The van der Waals surface area contributed by atoms with E-state index in [9.17, 15) is 15.2 Å². The summed E-state index contributed by atoms with van der Waals surface area (Å²) in [5, 5.41) is 23.6. The molecule has 0 aromatic heterocycles. The van der Waals surface area contributed by atoms with Crippen molar-refractivity contribution in [3.8, 4) is 0 Å². The quantitative estimate of drug-likeness (QED) is 0.608. The predicted octanol–water partition coefficient (Wildman–Crippen LogP) is 2.82. The fraction of sp³-hybridized carbons (Fsp3) is 0.455. The van der Waals surface area contributed by atoms with Crippen molar-refractivity contribution in [1.82, 2.24) is 0 Å². The van der Waals surface area contributed by atoms with Crippen molar-refractivity contribution in [3.63, 3.8) is 0 Å². The summed E-state index contributed by atoms with van der Waals surface area (Å²) >= 11 is 5.77. The molecule has 0 radical (unpaired) electrons. The molecule has 0 fully saturated rings. The van der Waals surface area contributed by atoms with E-state index in [-0.39, 0.29) is 12.2 Å². The Balaban J connectivity index is 2.75. The van der Waals surface area contributed by atoms with Gasteiger partial charge in [0.1, 0.15) is 5.69 Å². The van der Waals surface area contributed by atoms with Gasteiger partial charge in [-0.3, -0.25) is 10.1 Å². The number of aliphatic hydroxyl groups excluding tert-OH is 1. The maximum absolute atomic E-state index is 10.8. The third-order valence-electron chi connectivity index (χ3n) is 2.31. The molecule has 0 bridgehead atoms. The monoisotopic (exact) mass is 258 g/mol. The Morgan fingerprint density at radius 2 is 2.29 bits per heavy atom. The van der Waals surface area contributed by atoms with Crippen molar-refractivity contribution in [1.29, 1.82) is 0 Å². The van der Waals surface area contributed by atoms with E-state index < -0.39 is 11.0 Å². The second-order valence-corrected chi connectivity index (χ2v) is 4.18. The van der Waals surface area contributed by atoms with Crippen LogP contribution in [0.5, 0.6) is 0 Å². The number of nitrogens with zero attached hydrogens (tertiary/aromatic N) is 1. The van der Waals surface area contributed by atoms with Crippen molar-refractivity contribution in [2.45, 2.75) is 25.9 Å². The molecule has 2 N–H and O–H groups in total. The number of nitro groups is 1. The van der Waals surface area contributed by atoms with Crippen LogP contribution in [0, 0.1) is 10.1 Å². The number of nitrogens with one attached hydrogen (secondary N) is 1. The fourth-order valence-corrected chi connectivity index (χ4v) is 1.64. The largest absolute Gasteiger partial charge is 0.391 e. The van der Waals surface area contributed by atoms with Crippen LogP contribution in [0.25, 0.3) is 0 Å². The molecule has 1 unspecified atom stereocenters. The highest BCUT2D eigenvalue weighted by molar-refractivity contribution is 6.31. The highest BCUT2D eigenvalue weighted by Crippen LogP contribution is 2.27. The lowest BCUT2D eigenvalue weighted by atomic mass is 10.2. The molecule has 5 nitrogen and oxygen atoms in total. The predicted molar refractivity (Wildman–Crippen MR) is 67.5 cm³/mol. The Kier molecular flexibility index (Phi) is 5.18. The first-order chi connectivity index (χ1) is 8.04. The fourth-order valence-electron chi connectivity index (χ4n) is 1.47. The van der Waals surface area contributed by atoms with E-state index in [1.807, 2.05) is 6.92 Å². The SMILES string of the molecule is CCCC(O)CNc1cc(Cl)ccc1[N+](=O)[O-]. The van der Waals surface area contributed by atoms with Gasteiger partial charge in [-0.2, -0.15) is 0 Å². The smallest absolute Gasteiger partial charge is 0.292 e. The number of halogens is 1. The molecule has 1 aromatic carbocycles. The number of benzene rings is 1. The lowest BCUT2D eigenvalue weighted by Gasteiger charge is -2.12. The van der Waals surface area contributed by atoms with Gasteiger partial charge in [-0.25, -0.2) is 0 Å². The van der Waals surface area contributed by atoms with E-state index in [0.717, 1.165) is 6.42 Å². The zero-order valence-electron chi connectivity index (χ0n) is 9.52. The molecule has 0 aliphatic heterocycles. The van der Waals surface area contributed by atoms with Gasteiger partial charge in [-0.1, -0.05) is 24.9 Å². The Morgan fingerprint density at radius 1 is 1.59 bits per heavy atom. The molecule has 0 saturated heterocycles. The van der Waals surface area contributed by atoms with Crippen LogP contribution in [0.4, 0.5) is 11.4 Å². The number of anilines is 1. The summed E-state index contributed by atoms with van der Waals surface area (Å²) in [5.41, 5.74) is 0.288. The lowest BCUT2D eigenvalue weighted by molar-refractivity contribution is -0.384. The van der Waals surface area contributed by atoms with Gasteiger partial charge >= 0.3 is 0 Å². The van der Waals surface area contributed by atoms with Gasteiger partial charge in [0.2, 0.25) is 0 Å². The van der Waals surface area contributed by atoms with E-state index >= 15 is 0 Å². The van der Waals surface area contributed by atoms with Crippen LogP contribution < -0.4 is 5.32 Å². The molecule has 0 saturated carbocycles. The summed E-state index contributed by atoms with van der Waals surface area (Å²) in [6, 6.07) is 4.29. The third kappa shape index (κ3) is 4.20. The molecule has 1 rings (SSSR count). The standard InChI is InChI=1S/C11H15ClN2O3/c1-2-3-9(15)7-13-10-6-8(12)4-5-11(10)14(16)17/h4-6,9,13,15H,2-3,7H2,1H3. The van der Waals surface area contributed by atoms with Crippen LogP contribution in [0.3, 0.4) is 0 Å². The van der Waals surface area contributed by atoms with Crippen molar-refractivity contribution in [3.05, 3.63) is 33.3 Å². The van der Waals surface area contributed by atoms with E-state index in [2.05, 4.69) is 5.32 Å². The topological polar surface area (TPSA) is 75.4 Å². The number of hydrogen-bond acceptors (Lipinski definition) is 4.